The van der Waals surface area contributed by atoms with Gasteiger partial charge in [0, 0.05) is 28.9 Å². The van der Waals surface area contributed by atoms with Gasteiger partial charge in [-0.2, -0.15) is 0 Å². The van der Waals surface area contributed by atoms with Gasteiger partial charge in [-0.15, -0.1) is 0 Å². The Kier molecular flexibility index (Phi) is 5.37. The molecule has 2 N–H and O–H groups in total. The van der Waals surface area contributed by atoms with Crippen molar-refractivity contribution in [3.8, 4) is 0 Å². The van der Waals surface area contributed by atoms with Crippen molar-refractivity contribution in [1.29, 1.82) is 0 Å². The van der Waals surface area contributed by atoms with E-state index in [4.69, 9.17) is 9.47 Å². The van der Waals surface area contributed by atoms with E-state index in [2.05, 4.69) is 50.8 Å². The maximum atomic E-state index is 12.5. The maximum absolute atomic E-state index is 12.5. The van der Waals surface area contributed by atoms with Crippen LogP contribution in [0.4, 0.5) is 0 Å². The molecule has 3 fully saturated rings. The molecule has 1 heterocycles. The lowest BCUT2D eigenvalue weighted by molar-refractivity contribution is -0.180. The molecule has 0 radical (unpaired) electrons. The molecule has 1 saturated heterocycles. The van der Waals surface area contributed by atoms with Crippen LogP contribution in [-0.2, 0) is 19.8 Å². The summed E-state index contributed by atoms with van der Waals surface area (Å²) < 4.78 is 12.6. The second-order valence-corrected chi connectivity index (χ2v) is 8.66. The third-order valence-corrected chi connectivity index (χ3v) is 6.65. The molecule has 1 amide bonds. The summed E-state index contributed by atoms with van der Waals surface area (Å²) in [5, 5.41) is 6.72. The van der Waals surface area contributed by atoms with Gasteiger partial charge in [0.25, 0.3) is 0 Å². The Hall–Kier alpha value is -0.950. The highest BCUT2D eigenvalue weighted by molar-refractivity contribution is 9.10. The van der Waals surface area contributed by atoms with E-state index in [0.29, 0.717) is 19.8 Å². The summed E-state index contributed by atoms with van der Waals surface area (Å²) in [6.07, 6.45) is 6.95. The van der Waals surface area contributed by atoms with Gasteiger partial charge in [-0.05, 0) is 49.8 Å². The van der Waals surface area contributed by atoms with Gasteiger partial charge in [0.2, 0.25) is 5.91 Å². The number of ether oxygens (including phenoxy) is 2. The molecule has 3 aliphatic rings. The van der Waals surface area contributed by atoms with Crippen LogP contribution in [0.25, 0.3) is 0 Å². The Balaban J connectivity index is 1.26. The number of carbonyl (C=O) groups is 1. The minimum atomic E-state index is -0.364. The molecule has 0 aromatic heterocycles. The fraction of sp³-hybridized carbons (Fsp3) is 0.650. The van der Waals surface area contributed by atoms with Crippen molar-refractivity contribution < 1.29 is 14.3 Å². The number of halogens is 1. The molecular weight excluding hydrogens is 396 g/mol. The van der Waals surface area contributed by atoms with Gasteiger partial charge in [0.15, 0.2) is 5.79 Å². The van der Waals surface area contributed by atoms with Crippen LogP contribution in [0.15, 0.2) is 28.7 Å². The van der Waals surface area contributed by atoms with E-state index >= 15 is 0 Å². The first-order valence-electron chi connectivity index (χ1n) is 9.68. The average Bonchev–Trinajstić information content (AvgIpc) is 3.06. The summed E-state index contributed by atoms with van der Waals surface area (Å²) in [5.41, 5.74) is 1.23. The topological polar surface area (TPSA) is 59.6 Å². The van der Waals surface area contributed by atoms with Crippen LogP contribution in [0.1, 0.15) is 50.5 Å². The predicted molar refractivity (Wildman–Crippen MR) is 103 cm³/mol. The first kappa shape index (κ1) is 18.4. The summed E-state index contributed by atoms with van der Waals surface area (Å²) >= 11 is 3.49. The molecule has 26 heavy (non-hydrogen) atoms. The highest BCUT2D eigenvalue weighted by Gasteiger charge is 2.41. The molecule has 2 saturated carbocycles. The van der Waals surface area contributed by atoms with Gasteiger partial charge in [0.1, 0.15) is 0 Å². The number of hydrogen-bond donors (Lipinski definition) is 2. The lowest BCUT2D eigenvalue weighted by Crippen LogP contribution is -2.53. The van der Waals surface area contributed by atoms with Crippen LogP contribution in [0, 0.1) is 0 Å². The number of benzene rings is 1. The lowest BCUT2D eigenvalue weighted by atomic mass is 9.72. The van der Waals surface area contributed by atoms with Crippen LogP contribution in [0.5, 0.6) is 0 Å². The summed E-state index contributed by atoms with van der Waals surface area (Å²) in [5.74, 6) is -0.278. The highest BCUT2D eigenvalue weighted by Crippen LogP contribution is 2.41. The van der Waals surface area contributed by atoms with E-state index in [1.54, 1.807) is 0 Å². The molecule has 142 valence electrons. The number of carbonyl (C=O) groups excluding carboxylic acids is 1. The fourth-order valence-corrected chi connectivity index (χ4v) is 4.65. The Bertz CT molecular complexity index is 629. The van der Waals surface area contributed by atoms with Gasteiger partial charge in [0.05, 0.1) is 19.8 Å². The molecule has 0 unspecified atom stereocenters. The van der Waals surface area contributed by atoms with Crippen LogP contribution in [0.2, 0.25) is 0 Å². The van der Waals surface area contributed by atoms with E-state index in [1.165, 1.54) is 12.0 Å². The van der Waals surface area contributed by atoms with Crippen molar-refractivity contribution in [2.45, 2.75) is 62.3 Å². The number of nitrogens with one attached hydrogen (secondary N) is 2. The number of hydrogen-bond acceptors (Lipinski definition) is 4. The number of amides is 1. The molecule has 6 heteroatoms. The van der Waals surface area contributed by atoms with Crippen molar-refractivity contribution >= 4 is 21.8 Å². The van der Waals surface area contributed by atoms with Gasteiger partial charge in [-0.25, -0.2) is 0 Å². The van der Waals surface area contributed by atoms with E-state index in [0.717, 1.165) is 43.0 Å². The summed E-state index contributed by atoms with van der Waals surface area (Å²) in [6, 6.07) is 8.67. The minimum absolute atomic E-state index is 0.0415. The molecule has 1 aromatic carbocycles. The maximum Gasteiger partial charge on any atom is 0.234 e. The van der Waals surface area contributed by atoms with Crippen molar-refractivity contribution in [3.63, 3.8) is 0 Å². The van der Waals surface area contributed by atoms with Crippen LogP contribution < -0.4 is 10.6 Å². The molecule has 0 bridgehead atoms. The standard InChI is InChI=1S/C20H27BrN2O3/c21-16-4-2-15(3-5-16)19(8-1-9-19)22-14-18(24)23-17-6-10-20(11-7-17)25-12-13-26-20/h2-5,17,22H,1,6-14H2,(H,23,24). The minimum Gasteiger partial charge on any atom is -0.352 e. The monoisotopic (exact) mass is 422 g/mol. The van der Waals surface area contributed by atoms with Crippen molar-refractivity contribution in [2.24, 2.45) is 0 Å². The highest BCUT2D eigenvalue weighted by atomic mass is 79.9. The number of rotatable bonds is 5. The zero-order valence-corrected chi connectivity index (χ0v) is 16.6. The normalized spacial score (nSPS) is 24.3. The predicted octanol–water partition coefficient (Wildman–Crippen LogP) is 3.22. The zero-order chi connectivity index (χ0) is 18.0. The van der Waals surface area contributed by atoms with E-state index in [9.17, 15) is 4.79 Å². The first-order chi connectivity index (χ1) is 12.6. The molecule has 4 rings (SSSR count). The van der Waals surface area contributed by atoms with Crippen molar-refractivity contribution in [1.82, 2.24) is 10.6 Å². The third-order valence-electron chi connectivity index (χ3n) is 6.12. The van der Waals surface area contributed by atoms with Gasteiger partial charge < -0.3 is 14.8 Å². The van der Waals surface area contributed by atoms with Gasteiger partial charge >= 0.3 is 0 Å². The average molecular weight is 423 g/mol. The Morgan fingerprint density at radius 3 is 2.31 bits per heavy atom. The second kappa shape index (κ2) is 7.58. The zero-order valence-electron chi connectivity index (χ0n) is 15.1. The first-order valence-corrected chi connectivity index (χ1v) is 10.5. The Morgan fingerprint density at radius 1 is 1.08 bits per heavy atom. The Morgan fingerprint density at radius 2 is 1.73 bits per heavy atom. The summed E-state index contributed by atoms with van der Waals surface area (Å²) in [6.45, 7) is 1.75. The van der Waals surface area contributed by atoms with Crippen LogP contribution in [0.3, 0.4) is 0 Å². The van der Waals surface area contributed by atoms with E-state index < -0.39 is 0 Å². The molecule has 5 nitrogen and oxygen atoms in total. The molecule has 1 spiro atoms. The summed E-state index contributed by atoms with van der Waals surface area (Å²) in [7, 11) is 0. The smallest absolute Gasteiger partial charge is 0.234 e. The largest absolute Gasteiger partial charge is 0.352 e. The lowest BCUT2D eigenvalue weighted by Gasteiger charge is -2.43. The van der Waals surface area contributed by atoms with Crippen LogP contribution in [-0.4, -0.2) is 37.5 Å². The SMILES string of the molecule is O=C(CNC1(c2ccc(Br)cc2)CCC1)NC1CCC2(CC1)OCCO2. The van der Waals surface area contributed by atoms with Gasteiger partial charge in [-0.3, -0.25) is 10.1 Å². The fourth-order valence-electron chi connectivity index (χ4n) is 4.38. The molecule has 2 aliphatic carbocycles. The van der Waals surface area contributed by atoms with E-state index in [-0.39, 0.29) is 23.3 Å². The van der Waals surface area contributed by atoms with Gasteiger partial charge in [-0.1, -0.05) is 28.1 Å². The molecular formula is C20H27BrN2O3. The second-order valence-electron chi connectivity index (χ2n) is 7.75. The van der Waals surface area contributed by atoms with E-state index in [1.807, 2.05) is 0 Å². The molecule has 1 aromatic rings. The Labute approximate surface area is 163 Å². The third kappa shape index (κ3) is 3.84. The summed E-state index contributed by atoms with van der Waals surface area (Å²) in [4.78, 5) is 12.5. The van der Waals surface area contributed by atoms with Crippen molar-refractivity contribution in [3.05, 3.63) is 34.3 Å². The van der Waals surface area contributed by atoms with Crippen molar-refractivity contribution in [2.75, 3.05) is 19.8 Å². The quantitative estimate of drug-likeness (QED) is 0.764. The molecule has 1 aliphatic heterocycles. The van der Waals surface area contributed by atoms with Crippen LogP contribution >= 0.6 is 15.9 Å². The molecule has 0 atom stereocenters.